The highest BCUT2D eigenvalue weighted by Gasteiger charge is 2.29. The van der Waals surface area contributed by atoms with E-state index >= 15 is 0 Å². The number of ether oxygens (including phenoxy) is 4. The zero-order chi connectivity index (χ0) is 32.3. The molecule has 0 bridgehead atoms. The molecule has 0 aliphatic carbocycles. The minimum absolute atomic E-state index is 0.164. The van der Waals surface area contributed by atoms with Crippen LogP contribution in [0.15, 0.2) is 35.4 Å². The number of primary amides is 1. The minimum atomic E-state index is -0.682. The van der Waals surface area contributed by atoms with Gasteiger partial charge in [-0.05, 0) is 31.4 Å². The van der Waals surface area contributed by atoms with Gasteiger partial charge >= 0.3 is 0 Å². The van der Waals surface area contributed by atoms with E-state index in [1.807, 2.05) is 6.07 Å². The highest BCUT2D eigenvalue weighted by molar-refractivity contribution is 5.99. The van der Waals surface area contributed by atoms with Gasteiger partial charge in [0, 0.05) is 66.3 Å². The topological polar surface area (TPSA) is 174 Å². The molecule has 2 rings (SSSR count). The van der Waals surface area contributed by atoms with E-state index in [2.05, 4.69) is 5.10 Å². The van der Waals surface area contributed by atoms with Gasteiger partial charge in [0.15, 0.2) is 6.61 Å². The van der Waals surface area contributed by atoms with Crippen molar-refractivity contribution in [2.45, 2.75) is 19.3 Å². The Bertz CT molecular complexity index is 1120. The number of rotatable bonds is 21. The average Bonchev–Trinajstić information content (AvgIpc) is 3.01. The van der Waals surface area contributed by atoms with E-state index in [9.17, 15) is 24.0 Å². The Hall–Kier alpha value is -4.08. The summed E-state index contributed by atoms with van der Waals surface area (Å²) < 4.78 is 20.7. The molecule has 0 unspecified atom stereocenters. The Balaban J connectivity index is 2.20. The molecule has 0 saturated carbocycles. The van der Waals surface area contributed by atoms with Crippen molar-refractivity contribution in [3.05, 3.63) is 35.9 Å². The normalized spacial score (nSPS) is 12.8. The molecule has 0 spiro atoms. The average molecular weight is 621 g/mol. The third kappa shape index (κ3) is 12.7. The third-order valence-corrected chi connectivity index (χ3v) is 6.52. The number of carbonyl (C=O) groups excluding carboxylic acids is 5. The van der Waals surface area contributed by atoms with Crippen LogP contribution in [-0.4, -0.2) is 149 Å². The van der Waals surface area contributed by atoms with Crippen molar-refractivity contribution < 1.29 is 42.9 Å². The van der Waals surface area contributed by atoms with Gasteiger partial charge in [0.05, 0.1) is 19.6 Å². The van der Waals surface area contributed by atoms with Crippen molar-refractivity contribution in [2.75, 3.05) is 93.6 Å². The molecular weight excluding hydrogens is 576 g/mol. The Kier molecular flexibility index (Phi) is 16.4. The number of nitrogens with two attached hydrogens (primary N) is 1. The van der Waals surface area contributed by atoms with Crippen molar-refractivity contribution >= 4 is 35.4 Å². The van der Waals surface area contributed by atoms with Gasteiger partial charge in [-0.2, -0.15) is 0 Å². The van der Waals surface area contributed by atoms with Gasteiger partial charge in [-0.15, -0.1) is 5.10 Å². The number of methoxy groups -OCH3 is 3. The zero-order valence-corrected chi connectivity index (χ0v) is 25.8. The molecule has 15 nitrogen and oxygen atoms in total. The maximum atomic E-state index is 13.6. The summed E-state index contributed by atoms with van der Waals surface area (Å²) in [4.78, 5) is 68.3. The van der Waals surface area contributed by atoms with Crippen LogP contribution >= 0.6 is 0 Å². The Morgan fingerprint density at radius 1 is 0.795 bits per heavy atom. The quantitative estimate of drug-likeness (QED) is 0.174. The van der Waals surface area contributed by atoms with E-state index in [-0.39, 0.29) is 51.8 Å². The fourth-order valence-electron chi connectivity index (χ4n) is 4.26. The third-order valence-electron chi connectivity index (χ3n) is 6.52. The van der Waals surface area contributed by atoms with Gasteiger partial charge in [0.1, 0.15) is 6.54 Å². The number of hydrogen-bond acceptors (Lipinski definition) is 10. The molecule has 1 heterocycles. The van der Waals surface area contributed by atoms with Crippen molar-refractivity contribution in [3.8, 4) is 0 Å². The zero-order valence-electron chi connectivity index (χ0n) is 25.8. The van der Waals surface area contributed by atoms with Crippen molar-refractivity contribution in [2.24, 2.45) is 10.8 Å². The second-order valence-corrected chi connectivity index (χ2v) is 9.96. The maximum absolute atomic E-state index is 13.6. The first-order valence-electron chi connectivity index (χ1n) is 14.4. The maximum Gasteiger partial charge on any atom is 0.281 e. The van der Waals surface area contributed by atoms with Gasteiger partial charge < -0.3 is 39.4 Å². The molecule has 1 aromatic carbocycles. The van der Waals surface area contributed by atoms with Crippen LogP contribution in [0.4, 0.5) is 0 Å². The molecule has 0 saturated heterocycles. The predicted molar refractivity (Wildman–Crippen MR) is 159 cm³/mol. The molecule has 0 radical (unpaired) electrons. The molecule has 0 fully saturated rings. The Morgan fingerprint density at radius 3 is 1.75 bits per heavy atom. The van der Waals surface area contributed by atoms with E-state index in [4.69, 9.17) is 24.7 Å². The second-order valence-electron chi connectivity index (χ2n) is 9.96. The molecule has 44 heavy (non-hydrogen) atoms. The number of nitrogens with zero attached hydrogens (tertiary/aromatic N) is 5. The molecule has 0 atom stereocenters. The summed E-state index contributed by atoms with van der Waals surface area (Å²) in [6, 6.07) is 8.97. The fraction of sp³-hybridized carbons (Fsp3) is 0.586. The summed E-state index contributed by atoms with van der Waals surface area (Å²) in [5.41, 5.74) is 6.00. The second kappa shape index (κ2) is 20.0. The van der Waals surface area contributed by atoms with Gasteiger partial charge in [0.2, 0.25) is 29.5 Å². The van der Waals surface area contributed by atoms with Crippen LogP contribution in [0, 0.1) is 0 Å². The Morgan fingerprint density at radius 2 is 1.27 bits per heavy atom. The lowest BCUT2D eigenvalue weighted by Gasteiger charge is -2.30. The highest BCUT2D eigenvalue weighted by Crippen LogP contribution is 2.11. The van der Waals surface area contributed by atoms with Crippen LogP contribution < -0.4 is 5.73 Å². The Labute approximate surface area is 257 Å². The first-order valence-corrected chi connectivity index (χ1v) is 14.4. The van der Waals surface area contributed by atoms with E-state index in [0.29, 0.717) is 44.6 Å². The molecular formula is C29H44N6O9. The molecule has 1 aliphatic heterocycles. The van der Waals surface area contributed by atoms with Crippen molar-refractivity contribution in [1.29, 1.82) is 0 Å². The van der Waals surface area contributed by atoms with Gasteiger partial charge in [-0.25, -0.2) is 5.01 Å². The number of hydrogen-bond donors (Lipinski definition) is 1. The molecule has 15 heteroatoms. The van der Waals surface area contributed by atoms with Gasteiger partial charge in [-0.3, -0.25) is 24.0 Å². The van der Waals surface area contributed by atoms with Crippen LogP contribution in [0.5, 0.6) is 0 Å². The number of amides is 5. The van der Waals surface area contributed by atoms with E-state index in [1.54, 1.807) is 24.3 Å². The standard InChI is InChI=1S/C29H44N6O9/c1-41-15-7-12-32(18-24(30)36)25(37)19-33(13-8-16-42-2)26(38)20-34(14-9-17-43-3)27(39)21-35-28(40)22-44-29(31-35)23-10-5-4-6-11-23/h4-6,10-11H,7-9,12-22H2,1-3H3,(H2,30,36). The van der Waals surface area contributed by atoms with Crippen LogP contribution in [0.25, 0.3) is 0 Å². The summed E-state index contributed by atoms with van der Waals surface area (Å²) in [7, 11) is 4.58. The SMILES string of the molecule is COCCCN(CC(N)=O)C(=O)CN(CCCOC)C(=O)CN(CCCOC)C(=O)CN1N=C(c2ccccc2)OCC1=O. The van der Waals surface area contributed by atoms with Crippen molar-refractivity contribution in [3.63, 3.8) is 0 Å². The monoisotopic (exact) mass is 620 g/mol. The fourth-order valence-corrected chi connectivity index (χ4v) is 4.26. The van der Waals surface area contributed by atoms with Gasteiger partial charge in [0.25, 0.3) is 5.91 Å². The summed E-state index contributed by atoms with van der Waals surface area (Å²) >= 11 is 0. The molecule has 244 valence electrons. The number of benzene rings is 1. The van der Waals surface area contributed by atoms with Gasteiger partial charge in [-0.1, -0.05) is 18.2 Å². The smallest absolute Gasteiger partial charge is 0.281 e. The molecule has 5 amide bonds. The lowest BCUT2D eigenvalue weighted by atomic mass is 10.2. The van der Waals surface area contributed by atoms with E-state index < -0.39 is 36.1 Å². The summed E-state index contributed by atoms with van der Waals surface area (Å²) in [6.07, 6.45) is 1.34. The van der Waals surface area contributed by atoms with E-state index in [0.717, 1.165) is 5.01 Å². The lowest BCUT2D eigenvalue weighted by molar-refractivity contribution is -0.147. The number of hydrazone groups is 1. The minimum Gasteiger partial charge on any atom is -0.466 e. The van der Waals surface area contributed by atoms with Crippen LogP contribution in [-0.2, 0) is 42.9 Å². The van der Waals surface area contributed by atoms with Crippen molar-refractivity contribution in [1.82, 2.24) is 19.7 Å². The molecule has 1 aliphatic rings. The molecule has 1 aromatic rings. The van der Waals surface area contributed by atoms with Crippen LogP contribution in [0.3, 0.4) is 0 Å². The highest BCUT2D eigenvalue weighted by atomic mass is 16.5. The molecule has 2 N–H and O–H groups in total. The first kappa shape index (κ1) is 36.1. The summed E-state index contributed by atoms with van der Waals surface area (Å²) in [5.74, 6) is -2.45. The van der Waals surface area contributed by atoms with Crippen LogP contribution in [0.2, 0.25) is 0 Å². The van der Waals surface area contributed by atoms with E-state index in [1.165, 1.54) is 36.0 Å². The summed E-state index contributed by atoms with van der Waals surface area (Å²) in [5, 5.41) is 5.26. The molecule has 0 aromatic heterocycles. The first-order chi connectivity index (χ1) is 21.2. The summed E-state index contributed by atoms with van der Waals surface area (Å²) in [6.45, 7) is -0.0624. The number of carbonyl (C=O) groups is 5. The predicted octanol–water partition coefficient (Wildman–Crippen LogP) is -0.712. The largest absolute Gasteiger partial charge is 0.466 e. The van der Waals surface area contributed by atoms with Crippen LogP contribution in [0.1, 0.15) is 24.8 Å². The lowest BCUT2D eigenvalue weighted by Crippen LogP contribution is -2.51.